The molecule has 1 fully saturated rings. The van der Waals surface area contributed by atoms with Gasteiger partial charge in [0.25, 0.3) is 5.78 Å². The molecule has 0 saturated carbocycles. The zero-order valence-corrected chi connectivity index (χ0v) is 22.2. The molecule has 0 spiro atoms. The highest BCUT2D eigenvalue weighted by atomic mass is 35.5. The number of aromatic nitrogens is 1. The first-order valence-corrected chi connectivity index (χ1v) is 13.2. The summed E-state index contributed by atoms with van der Waals surface area (Å²) in [5.41, 5.74) is 3.80. The highest BCUT2D eigenvalue weighted by molar-refractivity contribution is 7.22. The summed E-state index contributed by atoms with van der Waals surface area (Å²) in [5, 5.41) is 12.3. The number of hydrogen-bond acceptors (Lipinski definition) is 6. The second-order valence-corrected chi connectivity index (χ2v) is 10.5. The van der Waals surface area contributed by atoms with Gasteiger partial charge in [0.2, 0.25) is 0 Å². The standard InChI is InChI=1S/C29H25ClN2O4S/c1-4-11-36-21-10-6-8-19(15-21)26(33)23-25(18-7-5-9-20(30)14-18)32(28(35)27(23)34)29-31-24-17(3)12-16(2)13-22(24)37-29/h5-10,12-15,25,33H,4,11H2,1-3H3. The van der Waals surface area contributed by atoms with Crippen LogP contribution in [0.15, 0.2) is 66.2 Å². The second-order valence-electron chi connectivity index (χ2n) is 9.03. The molecule has 5 rings (SSSR count). The lowest BCUT2D eigenvalue weighted by atomic mass is 9.95. The average Bonchev–Trinajstić information content (AvgIpc) is 3.41. The first-order chi connectivity index (χ1) is 17.8. The lowest BCUT2D eigenvalue weighted by molar-refractivity contribution is -0.132. The molecule has 1 atom stereocenters. The fourth-order valence-electron chi connectivity index (χ4n) is 4.59. The Morgan fingerprint density at radius 3 is 2.65 bits per heavy atom. The molecule has 1 aliphatic rings. The van der Waals surface area contributed by atoms with Gasteiger partial charge in [0.05, 0.1) is 28.4 Å². The molecule has 0 radical (unpaired) electrons. The van der Waals surface area contributed by atoms with E-state index < -0.39 is 17.7 Å². The van der Waals surface area contributed by atoms with E-state index in [1.165, 1.54) is 16.2 Å². The molecule has 0 bridgehead atoms. The number of hydrogen-bond donors (Lipinski definition) is 1. The van der Waals surface area contributed by atoms with Crippen LogP contribution in [-0.4, -0.2) is 28.4 Å². The summed E-state index contributed by atoms with van der Waals surface area (Å²) < 4.78 is 6.62. The zero-order valence-electron chi connectivity index (χ0n) is 20.6. The predicted octanol–water partition coefficient (Wildman–Crippen LogP) is 6.98. The van der Waals surface area contributed by atoms with Crippen molar-refractivity contribution in [2.45, 2.75) is 33.2 Å². The van der Waals surface area contributed by atoms with Crippen molar-refractivity contribution in [3.05, 3.63) is 93.5 Å². The monoisotopic (exact) mass is 532 g/mol. The summed E-state index contributed by atoms with van der Waals surface area (Å²) in [6.45, 7) is 6.49. The lowest BCUT2D eigenvalue weighted by Crippen LogP contribution is -2.29. The third-order valence-electron chi connectivity index (χ3n) is 6.21. The highest BCUT2D eigenvalue weighted by Crippen LogP contribution is 2.45. The fraction of sp³-hybridized carbons (Fsp3) is 0.207. The Morgan fingerprint density at radius 2 is 1.89 bits per heavy atom. The maximum atomic E-state index is 13.5. The van der Waals surface area contributed by atoms with E-state index in [9.17, 15) is 14.7 Å². The number of aryl methyl sites for hydroxylation is 2. The third kappa shape index (κ3) is 4.61. The number of nitrogens with zero attached hydrogens (tertiary/aromatic N) is 2. The molecule has 1 N–H and O–H groups in total. The van der Waals surface area contributed by atoms with E-state index in [0.717, 1.165) is 27.8 Å². The molecule has 4 aromatic rings. The largest absolute Gasteiger partial charge is 0.507 e. The summed E-state index contributed by atoms with van der Waals surface area (Å²) in [6, 6.07) is 17.0. The number of rotatable bonds is 6. The third-order valence-corrected chi connectivity index (χ3v) is 7.45. The number of ether oxygens (including phenoxy) is 1. The van der Waals surface area contributed by atoms with Gasteiger partial charge in [-0.25, -0.2) is 4.98 Å². The van der Waals surface area contributed by atoms with Gasteiger partial charge in [0.15, 0.2) is 5.13 Å². The van der Waals surface area contributed by atoms with Crippen LogP contribution in [0.2, 0.25) is 5.02 Å². The van der Waals surface area contributed by atoms with E-state index in [0.29, 0.717) is 33.6 Å². The molecule has 1 saturated heterocycles. The lowest BCUT2D eigenvalue weighted by Gasteiger charge is -2.23. The topological polar surface area (TPSA) is 79.7 Å². The average molecular weight is 533 g/mol. The van der Waals surface area contributed by atoms with Gasteiger partial charge in [-0.05, 0) is 67.3 Å². The molecule has 6 nitrogen and oxygen atoms in total. The first kappa shape index (κ1) is 25.0. The molecular formula is C29H25ClN2O4S. The van der Waals surface area contributed by atoms with Crippen molar-refractivity contribution < 1.29 is 19.4 Å². The van der Waals surface area contributed by atoms with Gasteiger partial charge in [-0.1, -0.05) is 60.2 Å². The van der Waals surface area contributed by atoms with Gasteiger partial charge >= 0.3 is 5.91 Å². The Balaban J connectivity index is 1.70. The van der Waals surface area contributed by atoms with Gasteiger partial charge in [0, 0.05) is 10.6 Å². The van der Waals surface area contributed by atoms with Crippen LogP contribution in [0.5, 0.6) is 5.75 Å². The minimum absolute atomic E-state index is 0.0212. The van der Waals surface area contributed by atoms with Gasteiger partial charge in [0.1, 0.15) is 11.5 Å². The van der Waals surface area contributed by atoms with Crippen LogP contribution in [0, 0.1) is 13.8 Å². The quantitative estimate of drug-likeness (QED) is 0.164. The van der Waals surface area contributed by atoms with E-state index >= 15 is 0 Å². The van der Waals surface area contributed by atoms with Crippen LogP contribution in [-0.2, 0) is 9.59 Å². The molecule has 3 aromatic carbocycles. The van der Waals surface area contributed by atoms with Crippen molar-refractivity contribution in [1.82, 2.24) is 4.98 Å². The number of benzene rings is 3. The summed E-state index contributed by atoms with van der Waals surface area (Å²) in [4.78, 5) is 33.1. The smallest absolute Gasteiger partial charge is 0.301 e. The van der Waals surface area contributed by atoms with Gasteiger partial charge in [-0.15, -0.1) is 0 Å². The van der Waals surface area contributed by atoms with Crippen LogP contribution in [0.4, 0.5) is 5.13 Å². The second kappa shape index (κ2) is 10.00. The summed E-state index contributed by atoms with van der Waals surface area (Å²) in [6.07, 6.45) is 0.831. The molecule has 37 heavy (non-hydrogen) atoms. The number of Topliss-reactive ketones (excluding diaryl/α,β-unsaturated/α-hetero) is 1. The molecule has 1 aromatic heterocycles. The van der Waals surface area contributed by atoms with Crippen molar-refractivity contribution in [2.24, 2.45) is 0 Å². The van der Waals surface area contributed by atoms with E-state index in [1.807, 2.05) is 32.9 Å². The number of thiazole rings is 1. The maximum Gasteiger partial charge on any atom is 0.301 e. The van der Waals surface area contributed by atoms with Gasteiger partial charge < -0.3 is 9.84 Å². The van der Waals surface area contributed by atoms with E-state index in [-0.39, 0.29) is 11.3 Å². The summed E-state index contributed by atoms with van der Waals surface area (Å²) in [5.74, 6) is -1.25. The van der Waals surface area contributed by atoms with Gasteiger partial charge in [-0.2, -0.15) is 0 Å². The number of halogens is 1. The number of anilines is 1. The Hall–Kier alpha value is -3.68. The van der Waals surface area contributed by atoms with E-state index in [4.69, 9.17) is 21.3 Å². The van der Waals surface area contributed by atoms with Crippen LogP contribution >= 0.6 is 22.9 Å². The minimum atomic E-state index is -0.902. The number of fused-ring (bicyclic) bond motifs is 1. The maximum absolute atomic E-state index is 13.5. The van der Waals surface area contributed by atoms with Crippen LogP contribution in [0.1, 0.15) is 41.6 Å². The van der Waals surface area contributed by atoms with Crippen molar-refractivity contribution in [3.63, 3.8) is 0 Å². The molecule has 8 heteroatoms. The molecule has 1 aliphatic heterocycles. The normalized spacial score (nSPS) is 17.1. The van der Waals surface area contributed by atoms with E-state index in [1.54, 1.807) is 48.5 Å². The van der Waals surface area contributed by atoms with Crippen LogP contribution < -0.4 is 9.64 Å². The number of aliphatic hydroxyl groups excluding tert-OH is 1. The zero-order chi connectivity index (χ0) is 26.3. The van der Waals surface area contributed by atoms with Crippen molar-refractivity contribution in [2.75, 3.05) is 11.5 Å². The number of carbonyl (C=O) groups is 2. The number of amides is 1. The molecule has 2 heterocycles. The summed E-state index contributed by atoms with van der Waals surface area (Å²) in [7, 11) is 0. The Bertz CT molecular complexity index is 1580. The summed E-state index contributed by atoms with van der Waals surface area (Å²) >= 11 is 7.65. The van der Waals surface area contributed by atoms with Crippen molar-refractivity contribution in [1.29, 1.82) is 0 Å². The Labute approximate surface area is 223 Å². The number of aliphatic hydroxyl groups is 1. The van der Waals surface area contributed by atoms with Crippen LogP contribution in [0.25, 0.3) is 16.0 Å². The molecule has 0 aliphatic carbocycles. The molecule has 188 valence electrons. The SMILES string of the molecule is CCCOc1cccc(C(O)=C2C(=O)C(=O)N(c3nc4c(C)cc(C)cc4s3)C2c2cccc(Cl)c2)c1. The first-order valence-electron chi connectivity index (χ1n) is 12.0. The number of ketones is 1. The fourth-order valence-corrected chi connectivity index (χ4v) is 5.96. The molecule has 1 unspecified atom stereocenters. The molecule has 1 amide bonds. The predicted molar refractivity (Wildman–Crippen MR) is 148 cm³/mol. The molecular weight excluding hydrogens is 508 g/mol. The van der Waals surface area contributed by atoms with E-state index in [2.05, 4.69) is 0 Å². The Kier molecular flexibility index (Phi) is 6.75. The van der Waals surface area contributed by atoms with Crippen molar-refractivity contribution >= 4 is 55.7 Å². The number of carbonyl (C=O) groups excluding carboxylic acids is 2. The van der Waals surface area contributed by atoms with Crippen molar-refractivity contribution in [3.8, 4) is 5.75 Å². The Morgan fingerprint density at radius 1 is 1.11 bits per heavy atom. The van der Waals surface area contributed by atoms with Gasteiger partial charge in [-0.3, -0.25) is 14.5 Å². The highest BCUT2D eigenvalue weighted by Gasteiger charge is 2.48. The minimum Gasteiger partial charge on any atom is -0.507 e. The van der Waals surface area contributed by atoms with Crippen LogP contribution in [0.3, 0.4) is 0 Å².